The maximum Gasteiger partial charge on any atom is 0.337 e. The number of carbonyl (C=O) groups excluding carboxylic acids is 1. The first-order valence-corrected chi connectivity index (χ1v) is 6.09. The van der Waals surface area contributed by atoms with Crippen LogP contribution in [0.25, 0.3) is 0 Å². The van der Waals surface area contributed by atoms with Crippen LogP contribution in [-0.2, 0) is 4.74 Å². The van der Waals surface area contributed by atoms with Crippen LogP contribution in [0.4, 0.5) is 21.5 Å². The van der Waals surface area contributed by atoms with Gasteiger partial charge in [0, 0.05) is 5.02 Å². The molecule has 0 amide bonds. The minimum absolute atomic E-state index is 0.204. The first-order chi connectivity index (χ1) is 9.51. The first kappa shape index (κ1) is 14.1. The minimum atomic E-state index is -0.489. The fourth-order valence-electron chi connectivity index (χ4n) is 1.66. The van der Waals surface area contributed by atoms with Crippen LogP contribution >= 0.6 is 11.6 Å². The lowest BCUT2D eigenvalue weighted by molar-refractivity contribution is 0.0601. The van der Waals surface area contributed by atoms with Gasteiger partial charge in [-0.2, -0.15) is 0 Å². The molecule has 0 aliphatic carbocycles. The van der Waals surface area contributed by atoms with Crippen LogP contribution in [0, 0.1) is 5.82 Å². The second kappa shape index (κ2) is 5.79. The molecular weight excluding hydrogens is 283 g/mol. The number of hydrogen-bond donors (Lipinski definition) is 2. The second-order valence-corrected chi connectivity index (χ2v) is 4.48. The SMILES string of the molecule is COC(=O)c1ccc(Nc2cc(Cl)ccc2F)c(N)c1. The van der Waals surface area contributed by atoms with E-state index in [-0.39, 0.29) is 5.69 Å². The van der Waals surface area contributed by atoms with E-state index in [4.69, 9.17) is 17.3 Å². The van der Waals surface area contributed by atoms with Crippen LogP contribution < -0.4 is 11.1 Å². The average molecular weight is 295 g/mol. The third-order valence-electron chi connectivity index (χ3n) is 2.67. The van der Waals surface area contributed by atoms with Crippen molar-refractivity contribution in [2.75, 3.05) is 18.2 Å². The van der Waals surface area contributed by atoms with Gasteiger partial charge < -0.3 is 15.8 Å². The Morgan fingerprint density at radius 3 is 2.65 bits per heavy atom. The Morgan fingerprint density at radius 1 is 1.25 bits per heavy atom. The summed E-state index contributed by atoms with van der Waals surface area (Å²) in [5.74, 6) is -0.942. The summed E-state index contributed by atoms with van der Waals surface area (Å²) in [4.78, 5) is 11.4. The van der Waals surface area contributed by atoms with Crippen LogP contribution in [0.5, 0.6) is 0 Å². The third-order valence-corrected chi connectivity index (χ3v) is 2.91. The highest BCUT2D eigenvalue weighted by Crippen LogP contribution is 2.27. The lowest BCUT2D eigenvalue weighted by Gasteiger charge is -2.11. The van der Waals surface area contributed by atoms with E-state index >= 15 is 0 Å². The van der Waals surface area contributed by atoms with Gasteiger partial charge in [-0.05, 0) is 36.4 Å². The van der Waals surface area contributed by atoms with Gasteiger partial charge in [0.1, 0.15) is 5.82 Å². The number of nitrogen functional groups attached to an aromatic ring is 1. The number of halogens is 2. The predicted octanol–water partition coefficient (Wildman–Crippen LogP) is 3.59. The Hall–Kier alpha value is -2.27. The molecule has 6 heteroatoms. The average Bonchev–Trinajstić information content (AvgIpc) is 2.44. The third kappa shape index (κ3) is 3.00. The molecule has 0 unspecified atom stereocenters. The van der Waals surface area contributed by atoms with Crippen molar-refractivity contribution in [2.24, 2.45) is 0 Å². The number of hydrogen-bond acceptors (Lipinski definition) is 4. The highest BCUT2D eigenvalue weighted by molar-refractivity contribution is 6.30. The maximum absolute atomic E-state index is 13.6. The normalized spacial score (nSPS) is 10.2. The van der Waals surface area contributed by atoms with Crippen molar-refractivity contribution in [3.05, 3.63) is 52.8 Å². The number of esters is 1. The molecule has 2 aromatic carbocycles. The van der Waals surface area contributed by atoms with Gasteiger partial charge in [-0.15, -0.1) is 0 Å². The lowest BCUT2D eigenvalue weighted by atomic mass is 10.1. The van der Waals surface area contributed by atoms with Gasteiger partial charge >= 0.3 is 5.97 Å². The van der Waals surface area contributed by atoms with Crippen LogP contribution in [0.15, 0.2) is 36.4 Å². The molecule has 0 saturated carbocycles. The Labute approximate surface area is 120 Å². The van der Waals surface area contributed by atoms with Crippen LogP contribution in [0.3, 0.4) is 0 Å². The number of anilines is 3. The summed E-state index contributed by atoms with van der Waals surface area (Å²) in [6.45, 7) is 0. The summed E-state index contributed by atoms with van der Waals surface area (Å²) in [5.41, 5.74) is 7.12. The van der Waals surface area contributed by atoms with Crippen molar-refractivity contribution < 1.29 is 13.9 Å². The largest absolute Gasteiger partial charge is 0.465 e. The second-order valence-electron chi connectivity index (χ2n) is 4.04. The van der Waals surface area contributed by atoms with Gasteiger partial charge in [-0.25, -0.2) is 9.18 Å². The molecule has 20 heavy (non-hydrogen) atoms. The molecule has 0 spiro atoms. The van der Waals surface area contributed by atoms with Gasteiger partial charge in [-0.3, -0.25) is 0 Å². The molecule has 2 aromatic rings. The summed E-state index contributed by atoms with van der Waals surface area (Å²) >= 11 is 5.81. The van der Waals surface area contributed by atoms with E-state index in [1.165, 1.54) is 37.4 Å². The molecule has 2 rings (SSSR count). The Bertz CT molecular complexity index is 662. The number of benzene rings is 2. The van der Waals surface area contributed by atoms with Crippen molar-refractivity contribution in [2.45, 2.75) is 0 Å². The Morgan fingerprint density at radius 2 is 2.00 bits per heavy atom. The molecule has 3 N–H and O–H groups in total. The number of rotatable bonds is 3. The zero-order valence-electron chi connectivity index (χ0n) is 10.6. The van der Waals surface area contributed by atoms with Crippen LogP contribution in [0.2, 0.25) is 5.02 Å². The monoisotopic (exact) mass is 294 g/mol. The zero-order valence-corrected chi connectivity index (χ0v) is 11.4. The minimum Gasteiger partial charge on any atom is -0.465 e. The lowest BCUT2D eigenvalue weighted by Crippen LogP contribution is -2.04. The summed E-state index contributed by atoms with van der Waals surface area (Å²) in [7, 11) is 1.28. The molecule has 0 radical (unpaired) electrons. The number of ether oxygens (including phenoxy) is 1. The van der Waals surface area contributed by atoms with Crippen molar-refractivity contribution in [1.29, 1.82) is 0 Å². The van der Waals surface area contributed by atoms with Crippen molar-refractivity contribution in [1.82, 2.24) is 0 Å². The van der Waals surface area contributed by atoms with E-state index < -0.39 is 11.8 Å². The molecule has 0 aliphatic heterocycles. The first-order valence-electron chi connectivity index (χ1n) is 5.71. The van der Waals surface area contributed by atoms with Gasteiger partial charge in [0.25, 0.3) is 0 Å². The zero-order chi connectivity index (χ0) is 14.7. The highest BCUT2D eigenvalue weighted by Gasteiger charge is 2.10. The van der Waals surface area contributed by atoms with Crippen LogP contribution in [-0.4, -0.2) is 13.1 Å². The van der Waals surface area contributed by atoms with E-state index in [2.05, 4.69) is 10.1 Å². The molecule has 0 saturated heterocycles. The quantitative estimate of drug-likeness (QED) is 0.671. The maximum atomic E-state index is 13.6. The highest BCUT2D eigenvalue weighted by atomic mass is 35.5. The van der Waals surface area contributed by atoms with E-state index in [0.717, 1.165) is 0 Å². The van der Waals surface area contributed by atoms with E-state index in [0.29, 0.717) is 22.0 Å². The van der Waals surface area contributed by atoms with E-state index in [1.807, 2.05) is 0 Å². The van der Waals surface area contributed by atoms with E-state index in [1.54, 1.807) is 6.07 Å². The number of nitrogens with two attached hydrogens (primary N) is 1. The fourth-order valence-corrected chi connectivity index (χ4v) is 1.83. The Balaban J connectivity index is 2.30. The van der Waals surface area contributed by atoms with Crippen molar-refractivity contribution in [3.63, 3.8) is 0 Å². The molecule has 0 fully saturated rings. The standard InChI is InChI=1S/C14H12ClFN2O2/c1-20-14(19)8-2-5-12(11(17)6-8)18-13-7-9(15)3-4-10(13)16/h2-7,18H,17H2,1H3. The molecule has 0 aromatic heterocycles. The number of methoxy groups -OCH3 is 1. The van der Waals surface area contributed by atoms with E-state index in [9.17, 15) is 9.18 Å². The molecular formula is C14H12ClFN2O2. The summed E-state index contributed by atoms with van der Waals surface area (Å²) in [5, 5.41) is 3.23. The van der Waals surface area contributed by atoms with Gasteiger partial charge in [-0.1, -0.05) is 11.6 Å². The molecule has 0 bridgehead atoms. The topological polar surface area (TPSA) is 64.3 Å². The summed E-state index contributed by atoms with van der Waals surface area (Å²) < 4.78 is 18.2. The predicted molar refractivity (Wildman–Crippen MR) is 76.9 cm³/mol. The van der Waals surface area contributed by atoms with Gasteiger partial charge in [0.15, 0.2) is 0 Å². The summed E-state index contributed by atoms with van der Waals surface area (Å²) in [6.07, 6.45) is 0. The summed E-state index contributed by atoms with van der Waals surface area (Å²) in [6, 6.07) is 8.71. The number of carbonyl (C=O) groups is 1. The Kier molecular flexibility index (Phi) is 4.10. The van der Waals surface area contributed by atoms with Crippen molar-refractivity contribution in [3.8, 4) is 0 Å². The molecule has 0 atom stereocenters. The fraction of sp³-hybridized carbons (Fsp3) is 0.0714. The molecule has 0 heterocycles. The molecule has 4 nitrogen and oxygen atoms in total. The number of nitrogens with one attached hydrogen (secondary N) is 1. The van der Waals surface area contributed by atoms with Gasteiger partial charge in [0.05, 0.1) is 29.7 Å². The molecule has 104 valence electrons. The van der Waals surface area contributed by atoms with Crippen molar-refractivity contribution >= 4 is 34.6 Å². The van der Waals surface area contributed by atoms with Crippen LogP contribution in [0.1, 0.15) is 10.4 Å². The smallest absolute Gasteiger partial charge is 0.337 e. The van der Waals surface area contributed by atoms with Gasteiger partial charge in [0.2, 0.25) is 0 Å². The molecule has 0 aliphatic rings.